The maximum atomic E-state index is 3.54. The Balaban J connectivity index is 3.02. The number of hydrogen-bond donors (Lipinski definition) is 1. The SMILES string of the molecule is CCCN(c1ccc(C)cc1CNC(C)C)C(C)C. The summed E-state index contributed by atoms with van der Waals surface area (Å²) in [6, 6.07) is 7.88. The van der Waals surface area contributed by atoms with Crippen LogP contribution in [0.2, 0.25) is 0 Å². The van der Waals surface area contributed by atoms with Crippen LogP contribution in [-0.2, 0) is 6.54 Å². The molecule has 2 nitrogen and oxygen atoms in total. The van der Waals surface area contributed by atoms with Crippen molar-refractivity contribution in [2.45, 2.75) is 66.6 Å². The van der Waals surface area contributed by atoms with E-state index in [4.69, 9.17) is 0 Å². The smallest absolute Gasteiger partial charge is 0.0414 e. The van der Waals surface area contributed by atoms with Gasteiger partial charge in [-0.2, -0.15) is 0 Å². The second kappa shape index (κ2) is 7.54. The van der Waals surface area contributed by atoms with E-state index in [0.717, 1.165) is 13.1 Å². The first kappa shape index (κ1) is 16.0. The Kier molecular flexibility index (Phi) is 6.36. The van der Waals surface area contributed by atoms with Crippen LogP contribution in [0.4, 0.5) is 5.69 Å². The van der Waals surface area contributed by atoms with Crippen molar-refractivity contribution in [3.63, 3.8) is 0 Å². The molecule has 1 aromatic rings. The van der Waals surface area contributed by atoms with Crippen LogP contribution in [0.3, 0.4) is 0 Å². The first-order valence-corrected chi connectivity index (χ1v) is 7.55. The lowest BCUT2D eigenvalue weighted by Crippen LogP contribution is -2.33. The van der Waals surface area contributed by atoms with Crippen molar-refractivity contribution < 1.29 is 0 Å². The van der Waals surface area contributed by atoms with E-state index in [-0.39, 0.29) is 0 Å². The molecule has 2 heteroatoms. The Labute approximate surface area is 119 Å². The highest BCUT2D eigenvalue weighted by Crippen LogP contribution is 2.24. The minimum Gasteiger partial charge on any atom is -0.369 e. The van der Waals surface area contributed by atoms with Crippen LogP contribution in [0.15, 0.2) is 18.2 Å². The highest BCUT2D eigenvalue weighted by molar-refractivity contribution is 5.55. The molecule has 108 valence electrons. The van der Waals surface area contributed by atoms with Gasteiger partial charge in [0.15, 0.2) is 0 Å². The van der Waals surface area contributed by atoms with Crippen molar-refractivity contribution in [3.05, 3.63) is 29.3 Å². The molecule has 0 aromatic heterocycles. The number of rotatable bonds is 7. The van der Waals surface area contributed by atoms with Gasteiger partial charge in [-0.05, 0) is 38.8 Å². The molecule has 0 aliphatic heterocycles. The van der Waals surface area contributed by atoms with Crippen LogP contribution in [-0.4, -0.2) is 18.6 Å². The maximum absolute atomic E-state index is 3.54. The molecule has 0 aliphatic carbocycles. The van der Waals surface area contributed by atoms with Gasteiger partial charge in [0.2, 0.25) is 0 Å². The van der Waals surface area contributed by atoms with Crippen molar-refractivity contribution in [3.8, 4) is 0 Å². The van der Waals surface area contributed by atoms with Crippen LogP contribution in [0.25, 0.3) is 0 Å². The molecule has 1 rings (SSSR count). The number of nitrogens with zero attached hydrogens (tertiary/aromatic N) is 1. The summed E-state index contributed by atoms with van der Waals surface area (Å²) in [6.07, 6.45) is 1.18. The van der Waals surface area contributed by atoms with Crippen molar-refractivity contribution in [2.75, 3.05) is 11.4 Å². The lowest BCUT2D eigenvalue weighted by Gasteiger charge is -2.31. The van der Waals surface area contributed by atoms with Crippen molar-refractivity contribution in [1.82, 2.24) is 5.32 Å². The fourth-order valence-corrected chi connectivity index (χ4v) is 2.35. The molecule has 0 unspecified atom stereocenters. The molecule has 19 heavy (non-hydrogen) atoms. The molecule has 0 heterocycles. The summed E-state index contributed by atoms with van der Waals surface area (Å²) in [4.78, 5) is 2.51. The van der Waals surface area contributed by atoms with Crippen LogP contribution in [0.5, 0.6) is 0 Å². The molecule has 0 radical (unpaired) electrons. The third-order valence-corrected chi connectivity index (χ3v) is 3.33. The minimum absolute atomic E-state index is 0.520. The standard InChI is InChI=1S/C17H30N2/c1-7-10-19(14(4)5)17-9-8-15(6)11-16(17)12-18-13(2)3/h8-9,11,13-14,18H,7,10,12H2,1-6H3. The predicted octanol–water partition coefficient (Wildman–Crippen LogP) is 4.12. The molecule has 1 N–H and O–H groups in total. The highest BCUT2D eigenvalue weighted by atomic mass is 15.2. The highest BCUT2D eigenvalue weighted by Gasteiger charge is 2.13. The monoisotopic (exact) mass is 262 g/mol. The molecule has 0 spiro atoms. The lowest BCUT2D eigenvalue weighted by atomic mass is 10.1. The zero-order valence-corrected chi connectivity index (χ0v) is 13.5. The second-order valence-electron chi connectivity index (χ2n) is 5.95. The Hall–Kier alpha value is -1.02. The second-order valence-corrected chi connectivity index (χ2v) is 5.95. The van der Waals surface area contributed by atoms with Gasteiger partial charge in [0.1, 0.15) is 0 Å². The summed E-state index contributed by atoms with van der Waals surface area (Å²) >= 11 is 0. The quantitative estimate of drug-likeness (QED) is 0.795. The topological polar surface area (TPSA) is 15.3 Å². The number of benzene rings is 1. The first-order valence-electron chi connectivity index (χ1n) is 7.55. The van der Waals surface area contributed by atoms with Gasteiger partial charge in [-0.1, -0.05) is 38.5 Å². The van der Waals surface area contributed by atoms with Crippen LogP contribution in [0.1, 0.15) is 52.2 Å². The zero-order valence-electron chi connectivity index (χ0n) is 13.5. The van der Waals surface area contributed by atoms with Gasteiger partial charge in [0.05, 0.1) is 0 Å². The molecular formula is C17H30N2. The molecule has 0 bridgehead atoms. The van der Waals surface area contributed by atoms with Gasteiger partial charge in [0, 0.05) is 30.9 Å². The van der Waals surface area contributed by atoms with E-state index in [9.17, 15) is 0 Å². The molecule has 1 aromatic carbocycles. The Morgan fingerprint density at radius 2 is 1.84 bits per heavy atom. The molecule has 0 saturated heterocycles. The third-order valence-electron chi connectivity index (χ3n) is 3.33. The van der Waals surface area contributed by atoms with Gasteiger partial charge in [-0.15, -0.1) is 0 Å². The van der Waals surface area contributed by atoms with Crippen molar-refractivity contribution in [1.29, 1.82) is 0 Å². The lowest BCUT2D eigenvalue weighted by molar-refractivity contribution is 0.584. The largest absolute Gasteiger partial charge is 0.369 e. The van der Waals surface area contributed by atoms with E-state index in [1.165, 1.54) is 23.2 Å². The van der Waals surface area contributed by atoms with Gasteiger partial charge in [-0.3, -0.25) is 0 Å². The number of hydrogen-bond acceptors (Lipinski definition) is 2. The summed E-state index contributed by atoms with van der Waals surface area (Å²) in [5.41, 5.74) is 4.14. The Morgan fingerprint density at radius 3 is 2.37 bits per heavy atom. The van der Waals surface area contributed by atoms with Crippen LogP contribution >= 0.6 is 0 Å². The maximum Gasteiger partial charge on any atom is 0.0414 e. The van der Waals surface area contributed by atoms with E-state index in [0.29, 0.717) is 12.1 Å². The molecule has 0 atom stereocenters. The van der Waals surface area contributed by atoms with Crippen molar-refractivity contribution >= 4 is 5.69 Å². The molecule has 0 saturated carbocycles. The van der Waals surface area contributed by atoms with E-state index >= 15 is 0 Å². The summed E-state index contributed by atoms with van der Waals surface area (Å²) < 4.78 is 0. The predicted molar refractivity (Wildman–Crippen MR) is 85.9 cm³/mol. The minimum atomic E-state index is 0.520. The normalized spacial score (nSPS) is 11.4. The van der Waals surface area contributed by atoms with Crippen LogP contribution < -0.4 is 10.2 Å². The molecule has 0 aliphatic rings. The van der Waals surface area contributed by atoms with E-state index in [1.54, 1.807) is 0 Å². The van der Waals surface area contributed by atoms with Crippen LogP contribution in [0, 0.1) is 6.92 Å². The van der Waals surface area contributed by atoms with Gasteiger partial charge >= 0.3 is 0 Å². The third kappa shape index (κ3) is 4.87. The Bertz CT molecular complexity index is 383. The Morgan fingerprint density at radius 1 is 1.16 bits per heavy atom. The van der Waals surface area contributed by atoms with Gasteiger partial charge < -0.3 is 10.2 Å². The summed E-state index contributed by atoms with van der Waals surface area (Å²) in [7, 11) is 0. The number of anilines is 1. The summed E-state index contributed by atoms with van der Waals surface area (Å²) in [5.74, 6) is 0. The van der Waals surface area contributed by atoms with Crippen molar-refractivity contribution in [2.24, 2.45) is 0 Å². The molecule has 0 fully saturated rings. The summed E-state index contributed by atoms with van der Waals surface area (Å²) in [6.45, 7) is 15.4. The zero-order chi connectivity index (χ0) is 14.4. The fraction of sp³-hybridized carbons (Fsp3) is 0.647. The van der Waals surface area contributed by atoms with E-state index < -0.39 is 0 Å². The summed E-state index contributed by atoms with van der Waals surface area (Å²) in [5, 5.41) is 3.54. The molecule has 0 amide bonds. The van der Waals surface area contributed by atoms with Gasteiger partial charge in [0.25, 0.3) is 0 Å². The average molecular weight is 262 g/mol. The number of aryl methyl sites for hydroxylation is 1. The van der Waals surface area contributed by atoms with E-state index in [1.807, 2.05) is 0 Å². The van der Waals surface area contributed by atoms with Gasteiger partial charge in [-0.25, -0.2) is 0 Å². The van der Waals surface area contributed by atoms with E-state index in [2.05, 4.69) is 70.0 Å². The average Bonchev–Trinajstić information content (AvgIpc) is 2.34. The number of nitrogens with one attached hydrogen (secondary N) is 1. The molecular weight excluding hydrogens is 232 g/mol. The fourth-order valence-electron chi connectivity index (χ4n) is 2.35. The first-order chi connectivity index (χ1) is 8.95.